The van der Waals surface area contributed by atoms with Crippen LogP contribution in [-0.2, 0) is 0 Å². The summed E-state index contributed by atoms with van der Waals surface area (Å²) >= 11 is 15.1. The van der Waals surface area contributed by atoms with Crippen LogP contribution in [0.1, 0.15) is 17.2 Å². The molecule has 1 unspecified atom stereocenters. The number of hydrogen-bond acceptors (Lipinski definition) is 2. The van der Waals surface area contributed by atoms with Gasteiger partial charge in [-0.2, -0.15) is 0 Å². The van der Waals surface area contributed by atoms with Gasteiger partial charge in [-0.1, -0.05) is 45.7 Å². The van der Waals surface area contributed by atoms with E-state index in [1.54, 1.807) is 11.3 Å². The first-order chi connectivity index (χ1) is 10.1. The van der Waals surface area contributed by atoms with Gasteiger partial charge in [-0.15, -0.1) is 11.3 Å². The number of halogens is 3. The van der Waals surface area contributed by atoms with E-state index in [9.17, 15) is 0 Å². The molecule has 1 nitrogen and oxygen atoms in total. The van der Waals surface area contributed by atoms with E-state index in [4.69, 9.17) is 11.6 Å². The first kappa shape index (κ1) is 15.5. The third-order valence-electron chi connectivity index (χ3n) is 3.45. The monoisotopic (exact) mass is 443 g/mol. The predicted octanol–water partition coefficient (Wildman–Crippen LogP) is 6.39. The highest BCUT2D eigenvalue weighted by Gasteiger charge is 2.19. The summed E-state index contributed by atoms with van der Waals surface area (Å²) in [5.74, 6) is 0. The summed E-state index contributed by atoms with van der Waals surface area (Å²) in [7, 11) is 1.98. The van der Waals surface area contributed by atoms with Crippen LogP contribution in [0.4, 0.5) is 0 Å². The zero-order chi connectivity index (χ0) is 15.0. The molecular weight excluding hydrogens is 434 g/mol. The van der Waals surface area contributed by atoms with Crippen LogP contribution in [-0.4, -0.2) is 7.05 Å². The molecule has 1 aromatic heterocycles. The van der Waals surface area contributed by atoms with E-state index in [0.29, 0.717) is 0 Å². The molecular formula is C16H12Br2ClNS. The highest BCUT2D eigenvalue weighted by atomic mass is 79.9. The molecule has 0 fully saturated rings. The van der Waals surface area contributed by atoms with Crippen molar-refractivity contribution in [3.63, 3.8) is 0 Å². The highest BCUT2D eigenvalue weighted by molar-refractivity contribution is 9.11. The van der Waals surface area contributed by atoms with Crippen molar-refractivity contribution >= 4 is 64.9 Å². The smallest absolute Gasteiger partial charge is 0.0599 e. The van der Waals surface area contributed by atoms with E-state index >= 15 is 0 Å². The molecule has 0 spiro atoms. The van der Waals surface area contributed by atoms with Gasteiger partial charge >= 0.3 is 0 Å². The molecule has 1 N–H and O–H groups in total. The Bertz CT molecular complexity index is 800. The van der Waals surface area contributed by atoms with E-state index in [1.165, 1.54) is 21.2 Å². The molecule has 2 aromatic carbocycles. The number of hydrogen-bond donors (Lipinski definition) is 1. The molecule has 0 aliphatic rings. The summed E-state index contributed by atoms with van der Waals surface area (Å²) in [4.78, 5) is 0. The molecule has 0 aliphatic heterocycles. The minimum Gasteiger partial charge on any atom is -0.309 e. The number of rotatable bonds is 3. The molecule has 108 valence electrons. The fourth-order valence-corrected chi connectivity index (χ4v) is 5.04. The van der Waals surface area contributed by atoms with Gasteiger partial charge in [0.05, 0.1) is 6.04 Å². The molecule has 0 bridgehead atoms. The van der Waals surface area contributed by atoms with Crippen LogP contribution < -0.4 is 5.32 Å². The van der Waals surface area contributed by atoms with Crippen molar-refractivity contribution < 1.29 is 0 Å². The maximum absolute atomic E-state index is 6.05. The van der Waals surface area contributed by atoms with Crippen LogP contribution in [0.5, 0.6) is 0 Å². The van der Waals surface area contributed by atoms with E-state index in [1.807, 2.05) is 19.2 Å². The summed E-state index contributed by atoms with van der Waals surface area (Å²) in [6.45, 7) is 0. The van der Waals surface area contributed by atoms with Crippen LogP contribution in [0.15, 0.2) is 50.7 Å². The van der Waals surface area contributed by atoms with E-state index < -0.39 is 0 Å². The first-order valence-electron chi connectivity index (χ1n) is 6.39. The summed E-state index contributed by atoms with van der Waals surface area (Å²) in [6.07, 6.45) is 0. The fraction of sp³-hybridized carbons (Fsp3) is 0.125. The maximum atomic E-state index is 6.05. The van der Waals surface area contributed by atoms with Gasteiger partial charge in [0.25, 0.3) is 0 Å². The second-order valence-electron chi connectivity index (χ2n) is 4.70. The van der Waals surface area contributed by atoms with Crippen molar-refractivity contribution in [1.82, 2.24) is 5.32 Å². The van der Waals surface area contributed by atoms with Crippen LogP contribution in [0.2, 0.25) is 5.02 Å². The van der Waals surface area contributed by atoms with Gasteiger partial charge in [0.15, 0.2) is 0 Å². The van der Waals surface area contributed by atoms with Crippen LogP contribution >= 0.6 is 54.8 Å². The Morgan fingerprint density at radius 2 is 1.90 bits per heavy atom. The van der Waals surface area contributed by atoms with Gasteiger partial charge < -0.3 is 5.32 Å². The summed E-state index contributed by atoms with van der Waals surface area (Å²) in [5, 5.41) is 7.64. The lowest BCUT2D eigenvalue weighted by atomic mass is 9.98. The lowest BCUT2D eigenvalue weighted by molar-refractivity contribution is 0.696. The molecule has 3 rings (SSSR count). The number of fused-ring (bicyclic) bond motifs is 1. The third-order valence-corrected chi connectivity index (χ3v) is 6.35. The fourth-order valence-electron chi connectivity index (χ4n) is 2.48. The van der Waals surface area contributed by atoms with Gasteiger partial charge in [-0.3, -0.25) is 0 Å². The average Bonchev–Trinajstić information content (AvgIpc) is 2.87. The Balaban J connectivity index is 2.16. The summed E-state index contributed by atoms with van der Waals surface area (Å²) in [5.41, 5.74) is 2.46. The number of nitrogens with one attached hydrogen (secondary N) is 1. The largest absolute Gasteiger partial charge is 0.309 e. The van der Waals surface area contributed by atoms with Crippen molar-refractivity contribution in [2.75, 3.05) is 7.05 Å². The lowest BCUT2D eigenvalue weighted by Crippen LogP contribution is -2.17. The normalized spacial score (nSPS) is 12.8. The Morgan fingerprint density at radius 1 is 1.10 bits per heavy atom. The van der Waals surface area contributed by atoms with Crippen molar-refractivity contribution in [2.24, 2.45) is 0 Å². The number of benzene rings is 2. The molecule has 0 saturated carbocycles. The zero-order valence-electron chi connectivity index (χ0n) is 11.2. The molecule has 0 aliphatic carbocycles. The van der Waals surface area contributed by atoms with E-state index in [2.05, 4.69) is 66.8 Å². The summed E-state index contributed by atoms with van der Waals surface area (Å²) in [6, 6.07) is 12.4. The van der Waals surface area contributed by atoms with E-state index in [-0.39, 0.29) is 6.04 Å². The zero-order valence-corrected chi connectivity index (χ0v) is 15.9. The van der Waals surface area contributed by atoms with Gasteiger partial charge in [-0.05, 0) is 63.1 Å². The Morgan fingerprint density at radius 3 is 2.62 bits per heavy atom. The third kappa shape index (κ3) is 2.92. The molecule has 5 heteroatoms. The second-order valence-corrected chi connectivity index (χ2v) is 7.72. The lowest BCUT2D eigenvalue weighted by Gasteiger charge is -2.18. The SMILES string of the molecule is CNC(c1ccc(Cl)cc1Br)c1csc2c(Br)cccc12. The standard InChI is InChI=1S/C16H12Br2ClNS/c1-20-15(11-6-5-9(19)7-14(11)18)12-8-21-16-10(12)3-2-4-13(16)17/h2-8,15,20H,1H3. The minimum atomic E-state index is 0.125. The molecule has 21 heavy (non-hydrogen) atoms. The number of thiophene rings is 1. The van der Waals surface area contributed by atoms with Crippen molar-refractivity contribution in [3.8, 4) is 0 Å². The van der Waals surface area contributed by atoms with Crippen LogP contribution in [0.3, 0.4) is 0 Å². The Kier molecular flexibility index (Phi) is 4.71. The Hall–Kier alpha value is -0.390. The van der Waals surface area contributed by atoms with Gasteiger partial charge in [0, 0.05) is 18.7 Å². The van der Waals surface area contributed by atoms with Gasteiger partial charge in [0.2, 0.25) is 0 Å². The van der Waals surface area contributed by atoms with Gasteiger partial charge in [0.1, 0.15) is 0 Å². The van der Waals surface area contributed by atoms with Crippen molar-refractivity contribution in [3.05, 3.63) is 66.9 Å². The topological polar surface area (TPSA) is 12.0 Å². The van der Waals surface area contributed by atoms with Crippen molar-refractivity contribution in [2.45, 2.75) is 6.04 Å². The van der Waals surface area contributed by atoms with E-state index in [0.717, 1.165) is 14.0 Å². The molecule has 1 atom stereocenters. The molecule has 0 saturated heterocycles. The molecule has 0 radical (unpaired) electrons. The van der Waals surface area contributed by atoms with Crippen LogP contribution in [0.25, 0.3) is 10.1 Å². The Labute approximate surface area is 149 Å². The molecule has 1 heterocycles. The van der Waals surface area contributed by atoms with Gasteiger partial charge in [-0.25, -0.2) is 0 Å². The predicted molar refractivity (Wildman–Crippen MR) is 99.6 cm³/mol. The molecule has 0 amide bonds. The molecule has 3 aromatic rings. The van der Waals surface area contributed by atoms with Crippen LogP contribution in [0, 0.1) is 0 Å². The minimum absolute atomic E-state index is 0.125. The second kappa shape index (κ2) is 6.39. The summed E-state index contributed by atoms with van der Waals surface area (Å²) < 4.78 is 3.43. The van der Waals surface area contributed by atoms with Crippen molar-refractivity contribution in [1.29, 1.82) is 0 Å². The first-order valence-corrected chi connectivity index (χ1v) is 9.24. The quantitative estimate of drug-likeness (QED) is 0.493. The maximum Gasteiger partial charge on any atom is 0.0599 e. The average molecular weight is 446 g/mol. The highest BCUT2D eigenvalue weighted by Crippen LogP contribution is 2.39.